The highest BCUT2D eigenvalue weighted by atomic mass is 19.1. The van der Waals surface area contributed by atoms with E-state index in [0.717, 1.165) is 13.1 Å². The molecule has 1 aliphatic heterocycles. The first kappa shape index (κ1) is 12.3. The summed E-state index contributed by atoms with van der Waals surface area (Å²) in [5, 5.41) is 7.25. The van der Waals surface area contributed by atoms with E-state index in [1.165, 1.54) is 6.07 Å². The number of aromatic nitrogens is 2. The van der Waals surface area contributed by atoms with Crippen LogP contribution < -0.4 is 5.32 Å². The Morgan fingerprint density at radius 3 is 2.95 bits per heavy atom. The summed E-state index contributed by atoms with van der Waals surface area (Å²) >= 11 is 0. The van der Waals surface area contributed by atoms with Gasteiger partial charge in [0.25, 0.3) is 0 Å². The molecule has 0 unspecified atom stereocenters. The van der Waals surface area contributed by atoms with Crippen molar-refractivity contribution >= 4 is 0 Å². The van der Waals surface area contributed by atoms with Crippen LogP contribution in [-0.4, -0.2) is 23.2 Å². The number of rotatable bonds is 3. The summed E-state index contributed by atoms with van der Waals surface area (Å²) in [6, 6.07) is 6.67. The van der Waals surface area contributed by atoms with Crippen molar-refractivity contribution in [3.05, 3.63) is 47.4 Å². The molecule has 0 amide bonds. The minimum absolute atomic E-state index is 0.232. The third-order valence-electron chi connectivity index (χ3n) is 3.62. The number of nitrogens with zero attached hydrogens (tertiary/aromatic N) is 2. The van der Waals surface area contributed by atoms with Crippen molar-refractivity contribution in [1.82, 2.24) is 15.5 Å². The van der Waals surface area contributed by atoms with Gasteiger partial charge in [0.1, 0.15) is 5.82 Å². The molecule has 0 saturated carbocycles. The standard InChI is InChI=1S/C14H16FN3O/c1-9-7-16-8-11(9)14-17-13(18-19-14)6-10-4-2-3-5-12(10)15/h2-5,9,11,16H,6-8H2,1H3/t9-,11-/m1/s1. The summed E-state index contributed by atoms with van der Waals surface area (Å²) in [5.41, 5.74) is 0.590. The summed E-state index contributed by atoms with van der Waals surface area (Å²) in [6.45, 7) is 3.99. The van der Waals surface area contributed by atoms with Gasteiger partial charge in [-0.15, -0.1) is 0 Å². The molecule has 19 heavy (non-hydrogen) atoms. The largest absolute Gasteiger partial charge is 0.339 e. The van der Waals surface area contributed by atoms with Crippen molar-refractivity contribution in [1.29, 1.82) is 0 Å². The van der Waals surface area contributed by atoms with E-state index >= 15 is 0 Å². The van der Waals surface area contributed by atoms with Gasteiger partial charge in [-0.3, -0.25) is 0 Å². The maximum atomic E-state index is 13.5. The van der Waals surface area contributed by atoms with E-state index in [2.05, 4.69) is 22.4 Å². The number of hydrogen-bond acceptors (Lipinski definition) is 4. The summed E-state index contributed by atoms with van der Waals surface area (Å²) < 4.78 is 18.9. The van der Waals surface area contributed by atoms with Crippen LogP contribution in [-0.2, 0) is 6.42 Å². The highest BCUT2D eigenvalue weighted by molar-refractivity contribution is 5.20. The molecule has 1 aliphatic rings. The van der Waals surface area contributed by atoms with Crippen LogP contribution in [0, 0.1) is 11.7 Å². The van der Waals surface area contributed by atoms with Crippen molar-refractivity contribution in [2.24, 2.45) is 5.92 Å². The Kier molecular flexibility index (Phi) is 3.29. The fourth-order valence-electron chi connectivity index (χ4n) is 2.44. The quantitative estimate of drug-likeness (QED) is 0.919. The first-order valence-electron chi connectivity index (χ1n) is 6.50. The van der Waals surface area contributed by atoms with Crippen molar-refractivity contribution in [2.45, 2.75) is 19.3 Å². The molecule has 1 fully saturated rings. The van der Waals surface area contributed by atoms with Gasteiger partial charge in [0, 0.05) is 13.0 Å². The number of benzene rings is 1. The first-order chi connectivity index (χ1) is 9.24. The third kappa shape index (κ3) is 2.51. The molecular formula is C14H16FN3O. The Morgan fingerprint density at radius 2 is 2.21 bits per heavy atom. The molecule has 0 radical (unpaired) electrons. The molecule has 1 N–H and O–H groups in total. The zero-order chi connectivity index (χ0) is 13.2. The SMILES string of the molecule is C[C@@H]1CNC[C@H]1c1nc(Cc2ccccc2F)no1. The van der Waals surface area contributed by atoms with E-state index in [1.807, 2.05) is 6.07 Å². The average molecular weight is 261 g/mol. The molecule has 5 heteroatoms. The van der Waals surface area contributed by atoms with Crippen LogP contribution in [0.25, 0.3) is 0 Å². The Labute approximate surface area is 111 Å². The maximum absolute atomic E-state index is 13.5. The van der Waals surface area contributed by atoms with Crippen LogP contribution >= 0.6 is 0 Å². The van der Waals surface area contributed by atoms with E-state index in [9.17, 15) is 4.39 Å². The van der Waals surface area contributed by atoms with Crippen molar-refractivity contribution in [2.75, 3.05) is 13.1 Å². The fraction of sp³-hybridized carbons (Fsp3) is 0.429. The second-order valence-electron chi connectivity index (χ2n) is 5.06. The van der Waals surface area contributed by atoms with Crippen LogP contribution in [0.1, 0.15) is 30.1 Å². The molecule has 1 aromatic carbocycles. The van der Waals surface area contributed by atoms with Crippen molar-refractivity contribution < 1.29 is 8.91 Å². The van der Waals surface area contributed by atoms with Gasteiger partial charge in [-0.1, -0.05) is 30.3 Å². The second-order valence-corrected chi connectivity index (χ2v) is 5.06. The predicted octanol–water partition coefficient (Wildman–Crippen LogP) is 2.12. The molecule has 1 aromatic heterocycles. The molecule has 3 rings (SSSR count). The van der Waals surface area contributed by atoms with Gasteiger partial charge in [-0.2, -0.15) is 4.98 Å². The van der Waals surface area contributed by atoms with Crippen LogP contribution in [0.15, 0.2) is 28.8 Å². The Morgan fingerprint density at radius 1 is 1.37 bits per heavy atom. The Balaban J connectivity index is 1.77. The van der Waals surface area contributed by atoms with Gasteiger partial charge in [-0.05, 0) is 24.1 Å². The second kappa shape index (κ2) is 5.09. The molecule has 2 atom stereocenters. The number of halogens is 1. The van der Waals surface area contributed by atoms with E-state index in [4.69, 9.17) is 4.52 Å². The molecule has 0 aliphatic carbocycles. The monoisotopic (exact) mass is 261 g/mol. The third-order valence-corrected chi connectivity index (χ3v) is 3.62. The Bertz CT molecular complexity index is 569. The molecule has 2 aromatic rings. The molecule has 0 spiro atoms. The van der Waals surface area contributed by atoms with E-state index in [-0.39, 0.29) is 11.7 Å². The van der Waals surface area contributed by atoms with Gasteiger partial charge < -0.3 is 9.84 Å². The molecular weight excluding hydrogens is 245 g/mol. The van der Waals surface area contributed by atoms with Gasteiger partial charge in [-0.25, -0.2) is 4.39 Å². The van der Waals surface area contributed by atoms with E-state index < -0.39 is 0 Å². The predicted molar refractivity (Wildman–Crippen MR) is 68.3 cm³/mol. The summed E-state index contributed by atoms with van der Waals surface area (Å²) in [7, 11) is 0. The highest BCUT2D eigenvalue weighted by Gasteiger charge is 2.29. The summed E-state index contributed by atoms with van der Waals surface area (Å²) in [5.74, 6) is 1.72. The van der Waals surface area contributed by atoms with Crippen LogP contribution in [0.2, 0.25) is 0 Å². The van der Waals surface area contributed by atoms with Gasteiger partial charge >= 0.3 is 0 Å². The normalized spacial score (nSPS) is 22.8. The van der Waals surface area contributed by atoms with Crippen LogP contribution in [0.5, 0.6) is 0 Å². The smallest absolute Gasteiger partial charge is 0.231 e. The molecule has 100 valence electrons. The van der Waals surface area contributed by atoms with Gasteiger partial charge in [0.2, 0.25) is 5.89 Å². The lowest BCUT2D eigenvalue weighted by atomic mass is 9.98. The zero-order valence-corrected chi connectivity index (χ0v) is 10.8. The van der Waals surface area contributed by atoms with E-state index in [0.29, 0.717) is 29.6 Å². The molecule has 4 nitrogen and oxygen atoms in total. The number of nitrogens with one attached hydrogen (secondary N) is 1. The topological polar surface area (TPSA) is 51.0 Å². The zero-order valence-electron chi connectivity index (χ0n) is 10.8. The van der Waals surface area contributed by atoms with Crippen molar-refractivity contribution in [3.8, 4) is 0 Å². The molecule has 0 bridgehead atoms. The maximum Gasteiger partial charge on any atom is 0.231 e. The molecule has 2 heterocycles. The number of hydrogen-bond donors (Lipinski definition) is 1. The van der Waals surface area contributed by atoms with Crippen LogP contribution in [0.3, 0.4) is 0 Å². The molecule has 1 saturated heterocycles. The van der Waals surface area contributed by atoms with Crippen molar-refractivity contribution in [3.63, 3.8) is 0 Å². The summed E-state index contributed by atoms with van der Waals surface area (Å²) in [6.07, 6.45) is 0.366. The lowest BCUT2D eigenvalue weighted by molar-refractivity contribution is 0.337. The first-order valence-corrected chi connectivity index (χ1v) is 6.50. The van der Waals surface area contributed by atoms with Crippen LogP contribution in [0.4, 0.5) is 4.39 Å². The lowest BCUT2D eigenvalue weighted by Crippen LogP contribution is -2.08. The van der Waals surface area contributed by atoms with Gasteiger partial charge in [0.05, 0.1) is 5.92 Å². The van der Waals surface area contributed by atoms with E-state index in [1.54, 1.807) is 12.1 Å². The van der Waals surface area contributed by atoms with Gasteiger partial charge in [0.15, 0.2) is 5.82 Å². The lowest BCUT2D eigenvalue weighted by Gasteiger charge is -2.07. The Hall–Kier alpha value is -1.75. The highest BCUT2D eigenvalue weighted by Crippen LogP contribution is 2.26. The minimum atomic E-state index is -0.232. The average Bonchev–Trinajstić information content (AvgIpc) is 3.01. The summed E-state index contributed by atoms with van der Waals surface area (Å²) in [4.78, 5) is 4.39. The fourth-order valence-corrected chi connectivity index (χ4v) is 2.44. The minimum Gasteiger partial charge on any atom is -0.339 e.